The van der Waals surface area contributed by atoms with Crippen LogP contribution >= 0.6 is 0 Å². The summed E-state index contributed by atoms with van der Waals surface area (Å²) < 4.78 is 5.46. The first-order valence-electron chi connectivity index (χ1n) is 7.22. The van der Waals surface area contributed by atoms with Crippen LogP contribution < -0.4 is 5.32 Å². The molecule has 4 nitrogen and oxygen atoms in total. The first kappa shape index (κ1) is 13.8. The van der Waals surface area contributed by atoms with Crippen molar-refractivity contribution in [1.82, 2.24) is 10.2 Å². The van der Waals surface area contributed by atoms with Crippen molar-refractivity contribution in [2.45, 2.75) is 38.7 Å². The fourth-order valence-corrected chi connectivity index (χ4v) is 3.01. The van der Waals surface area contributed by atoms with Crippen molar-refractivity contribution in [2.24, 2.45) is 11.8 Å². The average Bonchev–Trinajstić information content (AvgIpc) is 2.89. The fraction of sp³-hybridized carbons (Fsp3) is 0.929. The van der Waals surface area contributed by atoms with E-state index in [2.05, 4.69) is 12.2 Å². The minimum atomic E-state index is 0.218. The van der Waals surface area contributed by atoms with Crippen LogP contribution in [0.5, 0.6) is 0 Å². The average molecular weight is 254 g/mol. The molecule has 2 rings (SSSR count). The van der Waals surface area contributed by atoms with Crippen LogP contribution in [-0.4, -0.2) is 50.2 Å². The number of carbonyl (C=O) groups is 1. The third kappa shape index (κ3) is 3.45. The second-order valence-corrected chi connectivity index (χ2v) is 5.78. The standard InChI is InChI=1S/C14H26N2O2/c1-11-6-8-16(10-13(11)18-2)14(17)4-3-12-5-7-15-9-12/h11-13,15H,3-10H2,1-2H3. The maximum absolute atomic E-state index is 12.2. The lowest BCUT2D eigenvalue weighted by atomic mass is 9.95. The van der Waals surface area contributed by atoms with Crippen LogP contribution in [0.4, 0.5) is 0 Å². The second-order valence-electron chi connectivity index (χ2n) is 5.78. The molecule has 0 aromatic heterocycles. The highest BCUT2D eigenvalue weighted by Crippen LogP contribution is 2.21. The van der Waals surface area contributed by atoms with Gasteiger partial charge in [0.1, 0.15) is 0 Å². The number of piperidine rings is 1. The Bertz CT molecular complexity index is 277. The van der Waals surface area contributed by atoms with E-state index < -0.39 is 0 Å². The van der Waals surface area contributed by atoms with Gasteiger partial charge in [-0.1, -0.05) is 6.92 Å². The minimum absolute atomic E-state index is 0.218. The number of hydrogen-bond donors (Lipinski definition) is 1. The molecule has 4 heteroatoms. The number of carbonyl (C=O) groups excluding carboxylic acids is 1. The molecule has 0 aliphatic carbocycles. The molecule has 2 fully saturated rings. The highest BCUT2D eigenvalue weighted by atomic mass is 16.5. The Morgan fingerprint density at radius 3 is 2.94 bits per heavy atom. The summed E-state index contributed by atoms with van der Waals surface area (Å²) in [6, 6.07) is 0. The summed E-state index contributed by atoms with van der Waals surface area (Å²) in [6.45, 7) is 6.10. The molecule has 2 heterocycles. The summed E-state index contributed by atoms with van der Waals surface area (Å²) in [5.74, 6) is 1.59. The topological polar surface area (TPSA) is 41.6 Å². The lowest BCUT2D eigenvalue weighted by molar-refractivity contribution is -0.136. The number of nitrogens with zero attached hydrogens (tertiary/aromatic N) is 1. The third-order valence-electron chi connectivity index (χ3n) is 4.47. The van der Waals surface area contributed by atoms with Gasteiger partial charge in [-0.3, -0.25) is 4.79 Å². The van der Waals surface area contributed by atoms with Gasteiger partial charge in [-0.25, -0.2) is 0 Å². The molecule has 0 bridgehead atoms. The van der Waals surface area contributed by atoms with Crippen molar-refractivity contribution < 1.29 is 9.53 Å². The Morgan fingerprint density at radius 2 is 2.28 bits per heavy atom. The zero-order chi connectivity index (χ0) is 13.0. The second kappa shape index (κ2) is 6.53. The molecule has 3 atom stereocenters. The zero-order valence-electron chi connectivity index (χ0n) is 11.7. The summed E-state index contributed by atoms with van der Waals surface area (Å²) in [7, 11) is 1.75. The first-order chi connectivity index (χ1) is 8.70. The summed E-state index contributed by atoms with van der Waals surface area (Å²) in [6.07, 6.45) is 4.25. The Kier molecular flexibility index (Phi) is 5.01. The van der Waals surface area contributed by atoms with Gasteiger partial charge in [0.25, 0.3) is 0 Å². The smallest absolute Gasteiger partial charge is 0.222 e. The number of amides is 1. The number of hydrogen-bond acceptors (Lipinski definition) is 3. The number of nitrogens with one attached hydrogen (secondary N) is 1. The fourth-order valence-electron chi connectivity index (χ4n) is 3.01. The molecule has 3 unspecified atom stereocenters. The molecule has 1 amide bonds. The predicted octanol–water partition coefficient (Wildman–Crippen LogP) is 1.26. The van der Waals surface area contributed by atoms with Crippen LogP contribution in [0.1, 0.15) is 32.6 Å². The van der Waals surface area contributed by atoms with Gasteiger partial charge in [-0.15, -0.1) is 0 Å². The van der Waals surface area contributed by atoms with Crippen LogP contribution in [0.25, 0.3) is 0 Å². The molecule has 2 aliphatic rings. The van der Waals surface area contributed by atoms with Crippen molar-refractivity contribution in [3.05, 3.63) is 0 Å². The van der Waals surface area contributed by atoms with E-state index in [0.29, 0.717) is 24.2 Å². The van der Waals surface area contributed by atoms with Gasteiger partial charge in [-0.2, -0.15) is 0 Å². The monoisotopic (exact) mass is 254 g/mol. The van der Waals surface area contributed by atoms with Crippen molar-refractivity contribution in [3.8, 4) is 0 Å². The Morgan fingerprint density at radius 1 is 1.44 bits per heavy atom. The Labute approximate surface area is 110 Å². The molecule has 18 heavy (non-hydrogen) atoms. The molecular weight excluding hydrogens is 228 g/mol. The Balaban J connectivity index is 1.74. The van der Waals surface area contributed by atoms with Crippen LogP contribution in [0.3, 0.4) is 0 Å². The van der Waals surface area contributed by atoms with E-state index in [9.17, 15) is 4.79 Å². The molecular formula is C14H26N2O2. The summed E-state index contributed by atoms with van der Waals surface area (Å²) in [5, 5.41) is 3.35. The zero-order valence-corrected chi connectivity index (χ0v) is 11.7. The van der Waals surface area contributed by atoms with E-state index in [4.69, 9.17) is 4.74 Å². The summed E-state index contributed by atoms with van der Waals surface area (Å²) in [4.78, 5) is 14.2. The molecule has 0 spiro atoms. The van der Waals surface area contributed by atoms with Crippen molar-refractivity contribution in [2.75, 3.05) is 33.3 Å². The Hall–Kier alpha value is -0.610. The third-order valence-corrected chi connectivity index (χ3v) is 4.47. The number of rotatable bonds is 4. The first-order valence-corrected chi connectivity index (χ1v) is 7.22. The lowest BCUT2D eigenvalue weighted by Crippen LogP contribution is -2.46. The minimum Gasteiger partial charge on any atom is -0.379 e. The van der Waals surface area contributed by atoms with Crippen LogP contribution in [0, 0.1) is 11.8 Å². The van der Waals surface area contributed by atoms with Gasteiger partial charge < -0.3 is 15.0 Å². The maximum atomic E-state index is 12.2. The van der Waals surface area contributed by atoms with Crippen LogP contribution in [-0.2, 0) is 9.53 Å². The molecule has 104 valence electrons. The van der Waals surface area contributed by atoms with Gasteiger partial charge in [0.05, 0.1) is 6.10 Å². The molecule has 0 radical (unpaired) electrons. The maximum Gasteiger partial charge on any atom is 0.222 e. The van der Waals surface area contributed by atoms with Crippen molar-refractivity contribution in [1.29, 1.82) is 0 Å². The molecule has 1 N–H and O–H groups in total. The van der Waals surface area contributed by atoms with Crippen LogP contribution in [0.2, 0.25) is 0 Å². The largest absolute Gasteiger partial charge is 0.379 e. The van der Waals surface area contributed by atoms with Crippen molar-refractivity contribution >= 4 is 5.91 Å². The predicted molar refractivity (Wildman–Crippen MR) is 71.4 cm³/mol. The quantitative estimate of drug-likeness (QED) is 0.821. The number of ether oxygens (including phenoxy) is 1. The van der Waals surface area contributed by atoms with E-state index >= 15 is 0 Å². The molecule has 0 aromatic carbocycles. The van der Waals surface area contributed by atoms with Crippen LogP contribution in [0.15, 0.2) is 0 Å². The van der Waals surface area contributed by atoms with Gasteiger partial charge in [0.15, 0.2) is 0 Å². The summed E-state index contributed by atoms with van der Waals surface area (Å²) in [5.41, 5.74) is 0. The van der Waals surface area contributed by atoms with Gasteiger partial charge in [0.2, 0.25) is 5.91 Å². The van der Waals surface area contributed by atoms with Gasteiger partial charge >= 0.3 is 0 Å². The van der Waals surface area contributed by atoms with Gasteiger partial charge in [-0.05, 0) is 44.2 Å². The lowest BCUT2D eigenvalue weighted by Gasteiger charge is -2.36. The SMILES string of the molecule is COC1CN(C(=O)CCC2CCNC2)CCC1C. The van der Waals surface area contributed by atoms with E-state index in [-0.39, 0.29) is 6.10 Å². The molecule has 2 saturated heterocycles. The molecule has 2 aliphatic heterocycles. The highest BCUT2D eigenvalue weighted by molar-refractivity contribution is 5.76. The van der Waals surface area contributed by atoms with Gasteiger partial charge in [0, 0.05) is 26.6 Å². The van der Waals surface area contributed by atoms with E-state index in [1.807, 2.05) is 4.90 Å². The highest BCUT2D eigenvalue weighted by Gasteiger charge is 2.28. The normalized spacial score (nSPS) is 32.8. The van der Waals surface area contributed by atoms with E-state index in [1.165, 1.54) is 6.42 Å². The van der Waals surface area contributed by atoms with E-state index in [0.717, 1.165) is 39.0 Å². The van der Waals surface area contributed by atoms with Crippen molar-refractivity contribution in [3.63, 3.8) is 0 Å². The van der Waals surface area contributed by atoms with E-state index in [1.54, 1.807) is 7.11 Å². The molecule has 0 aromatic rings. The number of likely N-dealkylation sites (tertiary alicyclic amines) is 1. The summed E-state index contributed by atoms with van der Waals surface area (Å²) >= 11 is 0. The number of methoxy groups -OCH3 is 1. The molecule has 0 saturated carbocycles.